The molecule has 2 heterocycles. The van der Waals surface area contributed by atoms with Gasteiger partial charge in [0.15, 0.2) is 0 Å². The Labute approximate surface area is 148 Å². The van der Waals surface area contributed by atoms with Gasteiger partial charge in [0.1, 0.15) is 0 Å². The van der Waals surface area contributed by atoms with Gasteiger partial charge in [-0.2, -0.15) is 0 Å². The van der Waals surface area contributed by atoms with Crippen LogP contribution in [0.25, 0.3) is 0 Å². The summed E-state index contributed by atoms with van der Waals surface area (Å²) in [7, 11) is 0. The fraction of sp³-hybridized carbons (Fsp3) is 0.450. The molecule has 1 fully saturated rings. The van der Waals surface area contributed by atoms with Crippen LogP contribution in [0.5, 0.6) is 0 Å². The highest BCUT2D eigenvalue weighted by Gasteiger charge is 2.19. The van der Waals surface area contributed by atoms with Crippen LogP contribution in [-0.2, 0) is 17.6 Å². The summed E-state index contributed by atoms with van der Waals surface area (Å²) in [5.74, 6) is 0.938. The molecule has 0 saturated carbocycles. The Kier molecular flexibility index (Phi) is 6.44. The highest BCUT2D eigenvalue weighted by molar-refractivity contribution is 7.10. The average molecular weight is 343 g/mol. The molecule has 0 spiro atoms. The molecule has 128 valence electrons. The van der Waals surface area contributed by atoms with E-state index in [1.165, 1.54) is 24.8 Å². The molecule has 1 N–H and O–H groups in total. The van der Waals surface area contributed by atoms with Crippen molar-refractivity contribution < 1.29 is 4.79 Å². The number of benzene rings is 1. The molecule has 1 aromatic carbocycles. The number of rotatable bonds is 7. The Balaban J connectivity index is 1.30. The van der Waals surface area contributed by atoms with Gasteiger partial charge in [-0.05, 0) is 55.3 Å². The van der Waals surface area contributed by atoms with Gasteiger partial charge in [0, 0.05) is 18.0 Å². The van der Waals surface area contributed by atoms with Gasteiger partial charge in [0.25, 0.3) is 0 Å². The summed E-state index contributed by atoms with van der Waals surface area (Å²) in [4.78, 5) is 15.5. The lowest BCUT2D eigenvalue weighted by atomic mass is 9.90. The zero-order valence-electron chi connectivity index (χ0n) is 14.1. The van der Waals surface area contributed by atoms with Crippen molar-refractivity contribution in [2.24, 2.45) is 5.92 Å². The van der Waals surface area contributed by atoms with Gasteiger partial charge >= 0.3 is 0 Å². The van der Waals surface area contributed by atoms with Crippen LogP contribution in [0.4, 0.5) is 0 Å². The zero-order valence-corrected chi connectivity index (χ0v) is 14.9. The van der Waals surface area contributed by atoms with Gasteiger partial charge in [0.05, 0.1) is 6.42 Å². The minimum absolute atomic E-state index is 0.136. The van der Waals surface area contributed by atoms with E-state index in [-0.39, 0.29) is 5.91 Å². The van der Waals surface area contributed by atoms with E-state index < -0.39 is 0 Å². The monoisotopic (exact) mass is 342 g/mol. The maximum Gasteiger partial charge on any atom is 0.225 e. The highest BCUT2D eigenvalue weighted by atomic mass is 32.1. The molecule has 0 atom stereocenters. The smallest absolute Gasteiger partial charge is 0.225 e. The van der Waals surface area contributed by atoms with Gasteiger partial charge < -0.3 is 10.2 Å². The molecule has 0 bridgehead atoms. The van der Waals surface area contributed by atoms with Crippen molar-refractivity contribution in [1.82, 2.24) is 10.2 Å². The van der Waals surface area contributed by atoms with Crippen LogP contribution in [0.2, 0.25) is 0 Å². The molecule has 1 aromatic heterocycles. The number of carbonyl (C=O) groups excluding carboxylic acids is 1. The van der Waals surface area contributed by atoms with E-state index in [0.29, 0.717) is 6.42 Å². The summed E-state index contributed by atoms with van der Waals surface area (Å²) in [5.41, 5.74) is 1.46. The Hall–Kier alpha value is -1.65. The number of carbonyl (C=O) groups is 1. The molecule has 0 radical (unpaired) electrons. The van der Waals surface area contributed by atoms with Gasteiger partial charge in [-0.25, -0.2) is 0 Å². The number of thiophene rings is 1. The average Bonchev–Trinajstić information content (AvgIpc) is 3.10. The fourth-order valence-electron chi connectivity index (χ4n) is 3.35. The van der Waals surface area contributed by atoms with Crippen molar-refractivity contribution in [2.75, 3.05) is 26.2 Å². The van der Waals surface area contributed by atoms with E-state index >= 15 is 0 Å². The Morgan fingerprint density at radius 1 is 1.12 bits per heavy atom. The number of nitrogens with zero attached hydrogens (tertiary/aromatic N) is 1. The summed E-state index contributed by atoms with van der Waals surface area (Å²) >= 11 is 1.64. The summed E-state index contributed by atoms with van der Waals surface area (Å²) in [6.07, 6.45) is 4.24. The largest absolute Gasteiger partial charge is 0.355 e. The second kappa shape index (κ2) is 9.00. The number of amides is 1. The summed E-state index contributed by atoms with van der Waals surface area (Å²) in [5, 5.41) is 5.06. The maximum atomic E-state index is 11.9. The second-order valence-corrected chi connectivity index (χ2v) is 7.61. The van der Waals surface area contributed by atoms with Crippen LogP contribution < -0.4 is 5.32 Å². The topological polar surface area (TPSA) is 32.3 Å². The third-order valence-electron chi connectivity index (χ3n) is 4.74. The normalized spacial score (nSPS) is 16.2. The summed E-state index contributed by atoms with van der Waals surface area (Å²) in [6, 6.07) is 14.8. The zero-order chi connectivity index (χ0) is 16.6. The fourth-order valence-corrected chi connectivity index (χ4v) is 4.05. The lowest BCUT2D eigenvalue weighted by Gasteiger charge is -2.32. The van der Waals surface area contributed by atoms with Crippen molar-refractivity contribution in [3.63, 3.8) is 0 Å². The molecule has 4 heteroatoms. The first-order chi connectivity index (χ1) is 11.8. The van der Waals surface area contributed by atoms with Gasteiger partial charge in [-0.1, -0.05) is 36.4 Å². The Morgan fingerprint density at radius 3 is 2.62 bits per heavy atom. The molecule has 1 aliphatic heterocycles. The van der Waals surface area contributed by atoms with E-state index in [1.54, 1.807) is 11.3 Å². The number of hydrogen-bond donors (Lipinski definition) is 1. The minimum atomic E-state index is 0.136. The van der Waals surface area contributed by atoms with Gasteiger partial charge in [0.2, 0.25) is 5.91 Å². The van der Waals surface area contributed by atoms with Crippen LogP contribution in [0, 0.1) is 5.92 Å². The third-order valence-corrected chi connectivity index (χ3v) is 5.62. The van der Waals surface area contributed by atoms with E-state index in [9.17, 15) is 4.79 Å². The lowest BCUT2D eigenvalue weighted by Crippen LogP contribution is -2.40. The minimum Gasteiger partial charge on any atom is -0.355 e. The molecule has 3 nitrogen and oxygen atoms in total. The van der Waals surface area contributed by atoms with Crippen LogP contribution in [0.3, 0.4) is 0 Å². The molecule has 0 unspecified atom stereocenters. The molecular formula is C20H26N2OS. The quantitative estimate of drug-likeness (QED) is 0.837. The highest BCUT2D eigenvalue weighted by Crippen LogP contribution is 2.21. The van der Waals surface area contributed by atoms with E-state index in [4.69, 9.17) is 0 Å². The van der Waals surface area contributed by atoms with Crippen molar-refractivity contribution in [1.29, 1.82) is 0 Å². The molecule has 3 rings (SSSR count). The molecule has 1 saturated heterocycles. The maximum absolute atomic E-state index is 11.9. The molecule has 24 heavy (non-hydrogen) atoms. The van der Waals surface area contributed by atoms with Crippen LogP contribution >= 0.6 is 11.3 Å². The van der Waals surface area contributed by atoms with E-state index in [0.717, 1.165) is 37.0 Å². The standard InChI is InChI=1S/C20H26N2OS/c23-20(16-19-7-4-14-24-19)21-10-13-22-11-8-18(9-12-22)15-17-5-2-1-3-6-17/h1-7,14,18H,8-13,15-16H2,(H,21,23). The molecule has 2 aromatic rings. The first kappa shape index (κ1) is 17.2. The van der Waals surface area contributed by atoms with Gasteiger partial charge in [-0.15, -0.1) is 11.3 Å². The van der Waals surface area contributed by atoms with Crippen molar-refractivity contribution in [2.45, 2.75) is 25.7 Å². The SMILES string of the molecule is O=C(Cc1cccs1)NCCN1CCC(Cc2ccccc2)CC1. The second-order valence-electron chi connectivity index (χ2n) is 6.58. The Morgan fingerprint density at radius 2 is 1.92 bits per heavy atom. The first-order valence-electron chi connectivity index (χ1n) is 8.85. The van der Waals surface area contributed by atoms with E-state index in [1.807, 2.05) is 17.5 Å². The first-order valence-corrected chi connectivity index (χ1v) is 9.73. The van der Waals surface area contributed by atoms with Crippen LogP contribution in [-0.4, -0.2) is 37.0 Å². The molecule has 1 aliphatic rings. The molecule has 0 aliphatic carbocycles. The molecule has 1 amide bonds. The van der Waals surface area contributed by atoms with Crippen molar-refractivity contribution in [3.05, 3.63) is 58.3 Å². The van der Waals surface area contributed by atoms with Crippen LogP contribution in [0.15, 0.2) is 47.8 Å². The summed E-state index contributed by atoms with van der Waals surface area (Å²) < 4.78 is 0. The van der Waals surface area contributed by atoms with Gasteiger partial charge in [-0.3, -0.25) is 4.79 Å². The van der Waals surface area contributed by atoms with Crippen molar-refractivity contribution in [3.8, 4) is 0 Å². The summed E-state index contributed by atoms with van der Waals surface area (Å²) in [6.45, 7) is 4.03. The lowest BCUT2D eigenvalue weighted by molar-refractivity contribution is -0.120. The number of likely N-dealkylation sites (tertiary alicyclic amines) is 1. The Bertz CT molecular complexity index is 604. The predicted molar refractivity (Wildman–Crippen MR) is 100 cm³/mol. The number of piperidine rings is 1. The third kappa shape index (κ3) is 5.46. The van der Waals surface area contributed by atoms with Crippen LogP contribution in [0.1, 0.15) is 23.3 Å². The van der Waals surface area contributed by atoms with E-state index in [2.05, 4.69) is 40.5 Å². The molecular weight excluding hydrogens is 316 g/mol. The number of nitrogens with one attached hydrogen (secondary N) is 1. The van der Waals surface area contributed by atoms with Crippen molar-refractivity contribution >= 4 is 17.2 Å². The number of hydrogen-bond acceptors (Lipinski definition) is 3. The predicted octanol–water partition coefficient (Wildman–Crippen LogP) is 3.36.